The predicted octanol–water partition coefficient (Wildman–Crippen LogP) is 5.22. The van der Waals surface area contributed by atoms with Crippen molar-refractivity contribution in [3.8, 4) is 28.5 Å². The number of nitrogens with two attached hydrogens (primary N) is 1. The molecule has 0 unspecified atom stereocenters. The molecule has 0 aliphatic heterocycles. The second-order valence-corrected chi connectivity index (χ2v) is 6.38. The Kier molecular flexibility index (Phi) is 4.51. The molecule has 0 spiro atoms. The standard InChI is InChI=1S/C19H12BrF2N3/c1-10-17(14-8-13(21)6-7-16(14)22)15(9-23)19(24)25-18(10)11-2-4-12(20)5-3-11/h2-8H,1H3,(H2,24,25). The van der Waals surface area contributed by atoms with Gasteiger partial charge in [-0.3, -0.25) is 0 Å². The summed E-state index contributed by atoms with van der Waals surface area (Å²) < 4.78 is 28.9. The quantitative estimate of drug-likeness (QED) is 0.642. The minimum atomic E-state index is -0.631. The maximum atomic E-state index is 14.3. The first-order valence-electron chi connectivity index (χ1n) is 7.34. The fourth-order valence-electron chi connectivity index (χ4n) is 2.72. The maximum absolute atomic E-state index is 14.3. The highest BCUT2D eigenvalue weighted by atomic mass is 79.9. The number of halogens is 3. The molecule has 0 aliphatic carbocycles. The van der Waals surface area contributed by atoms with Crippen LogP contribution in [0.25, 0.3) is 22.4 Å². The lowest BCUT2D eigenvalue weighted by Crippen LogP contribution is -2.04. The zero-order valence-electron chi connectivity index (χ0n) is 13.1. The number of hydrogen-bond acceptors (Lipinski definition) is 3. The van der Waals surface area contributed by atoms with Crippen LogP contribution in [0.4, 0.5) is 14.6 Å². The topological polar surface area (TPSA) is 62.7 Å². The first-order valence-corrected chi connectivity index (χ1v) is 8.13. The lowest BCUT2D eigenvalue weighted by atomic mass is 9.92. The van der Waals surface area contributed by atoms with Gasteiger partial charge in [-0.15, -0.1) is 0 Å². The third-order valence-electron chi connectivity index (χ3n) is 3.90. The molecule has 0 aliphatic rings. The van der Waals surface area contributed by atoms with E-state index in [0.29, 0.717) is 11.3 Å². The van der Waals surface area contributed by atoms with Gasteiger partial charge in [0.25, 0.3) is 0 Å². The van der Waals surface area contributed by atoms with Gasteiger partial charge < -0.3 is 5.73 Å². The lowest BCUT2D eigenvalue weighted by Gasteiger charge is -2.15. The lowest BCUT2D eigenvalue weighted by molar-refractivity contribution is 0.603. The van der Waals surface area contributed by atoms with Gasteiger partial charge in [-0.1, -0.05) is 28.1 Å². The first-order chi connectivity index (χ1) is 11.9. The van der Waals surface area contributed by atoms with E-state index in [2.05, 4.69) is 20.9 Å². The summed E-state index contributed by atoms with van der Waals surface area (Å²) in [4.78, 5) is 4.31. The minimum absolute atomic E-state index is 0.0125. The van der Waals surface area contributed by atoms with E-state index >= 15 is 0 Å². The molecule has 3 aromatic rings. The average Bonchev–Trinajstić information content (AvgIpc) is 2.59. The molecule has 0 radical (unpaired) electrons. The van der Waals surface area contributed by atoms with Gasteiger partial charge in [-0.25, -0.2) is 13.8 Å². The number of hydrogen-bond donors (Lipinski definition) is 1. The molecule has 6 heteroatoms. The van der Waals surface area contributed by atoms with Crippen LogP contribution in [0.1, 0.15) is 11.1 Å². The number of nitrogen functional groups attached to an aromatic ring is 1. The molecule has 0 saturated heterocycles. The van der Waals surface area contributed by atoms with Crippen LogP contribution in [0.3, 0.4) is 0 Å². The van der Waals surface area contributed by atoms with Gasteiger partial charge >= 0.3 is 0 Å². The van der Waals surface area contributed by atoms with Crippen molar-refractivity contribution in [1.29, 1.82) is 5.26 Å². The molecule has 1 aromatic heterocycles. The van der Waals surface area contributed by atoms with Gasteiger partial charge in [0.15, 0.2) is 0 Å². The molecule has 2 aromatic carbocycles. The molecule has 0 bridgehead atoms. The molecular weight excluding hydrogens is 388 g/mol. The smallest absolute Gasteiger partial charge is 0.142 e. The van der Waals surface area contributed by atoms with E-state index in [0.717, 1.165) is 28.2 Å². The van der Waals surface area contributed by atoms with Gasteiger partial charge in [0, 0.05) is 21.2 Å². The zero-order chi connectivity index (χ0) is 18.1. The normalized spacial score (nSPS) is 10.5. The van der Waals surface area contributed by atoms with E-state index < -0.39 is 11.6 Å². The Hall–Kier alpha value is -2.78. The summed E-state index contributed by atoms with van der Waals surface area (Å²) in [5, 5.41) is 9.45. The highest BCUT2D eigenvalue weighted by Crippen LogP contribution is 2.37. The van der Waals surface area contributed by atoms with Crippen LogP contribution in [0.15, 0.2) is 46.9 Å². The van der Waals surface area contributed by atoms with Crippen molar-refractivity contribution in [2.75, 3.05) is 5.73 Å². The van der Waals surface area contributed by atoms with E-state index in [1.165, 1.54) is 0 Å². The average molecular weight is 400 g/mol. The molecule has 2 N–H and O–H groups in total. The fraction of sp³-hybridized carbons (Fsp3) is 0.0526. The monoisotopic (exact) mass is 399 g/mol. The summed E-state index contributed by atoms with van der Waals surface area (Å²) in [6.45, 7) is 1.71. The van der Waals surface area contributed by atoms with Crippen LogP contribution in [0, 0.1) is 29.9 Å². The summed E-state index contributed by atoms with van der Waals surface area (Å²) in [5.41, 5.74) is 8.04. The van der Waals surface area contributed by atoms with E-state index in [9.17, 15) is 14.0 Å². The molecule has 0 atom stereocenters. The number of benzene rings is 2. The van der Waals surface area contributed by atoms with Crippen LogP contribution in [0.2, 0.25) is 0 Å². The number of nitrogens with zero attached hydrogens (tertiary/aromatic N) is 2. The Balaban J connectivity index is 2.36. The second kappa shape index (κ2) is 6.61. The summed E-state index contributed by atoms with van der Waals surface area (Å²) >= 11 is 3.36. The first kappa shape index (κ1) is 17.1. The highest BCUT2D eigenvalue weighted by Gasteiger charge is 2.21. The van der Waals surface area contributed by atoms with E-state index in [4.69, 9.17) is 5.73 Å². The molecule has 0 amide bonds. The van der Waals surface area contributed by atoms with Crippen molar-refractivity contribution < 1.29 is 8.78 Å². The van der Waals surface area contributed by atoms with Crippen molar-refractivity contribution in [3.63, 3.8) is 0 Å². The zero-order valence-corrected chi connectivity index (χ0v) is 14.7. The van der Waals surface area contributed by atoms with E-state index in [1.54, 1.807) is 6.92 Å². The van der Waals surface area contributed by atoms with E-state index in [1.807, 2.05) is 30.3 Å². The number of pyridine rings is 1. The Morgan fingerprint density at radius 1 is 1.12 bits per heavy atom. The van der Waals surface area contributed by atoms with Crippen molar-refractivity contribution in [2.45, 2.75) is 6.92 Å². The predicted molar refractivity (Wildman–Crippen MR) is 96.6 cm³/mol. The van der Waals surface area contributed by atoms with Gasteiger partial charge in [-0.2, -0.15) is 5.26 Å². The van der Waals surface area contributed by atoms with Crippen molar-refractivity contribution >= 4 is 21.7 Å². The van der Waals surface area contributed by atoms with Gasteiger partial charge in [-0.05, 0) is 42.8 Å². The van der Waals surface area contributed by atoms with Crippen LogP contribution < -0.4 is 5.73 Å². The number of aromatic nitrogens is 1. The summed E-state index contributed by atoms with van der Waals surface area (Å²) in [5.74, 6) is -1.25. The van der Waals surface area contributed by atoms with Crippen molar-refractivity contribution in [3.05, 3.63) is 69.7 Å². The Bertz CT molecular complexity index is 1010. The molecule has 0 fully saturated rings. The Labute approximate surface area is 151 Å². The second-order valence-electron chi connectivity index (χ2n) is 5.46. The van der Waals surface area contributed by atoms with Gasteiger partial charge in [0.1, 0.15) is 29.1 Å². The van der Waals surface area contributed by atoms with Crippen LogP contribution in [0.5, 0.6) is 0 Å². The summed E-state index contributed by atoms with van der Waals surface area (Å²) in [6.07, 6.45) is 0. The summed E-state index contributed by atoms with van der Waals surface area (Å²) in [6, 6.07) is 12.4. The third-order valence-corrected chi connectivity index (χ3v) is 4.42. The molecular formula is C19H12BrF2N3. The highest BCUT2D eigenvalue weighted by molar-refractivity contribution is 9.10. The fourth-order valence-corrected chi connectivity index (χ4v) is 2.99. The van der Waals surface area contributed by atoms with E-state index in [-0.39, 0.29) is 22.5 Å². The van der Waals surface area contributed by atoms with Crippen LogP contribution in [-0.4, -0.2) is 4.98 Å². The maximum Gasteiger partial charge on any atom is 0.142 e. The minimum Gasteiger partial charge on any atom is -0.383 e. The van der Waals surface area contributed by atoms with Crippen molar-refractivity contribution in [2.24, 2.45) is 0 Å². The molecule has 3 nitrogen and oxygen atoms in total. The van der Waals surface area contributed by atoms with Crippen LogP contribution in [-0.2, 0) is 0 Å². The molecule has 3 rings (SSSR count). The Morgan fingerprint density at radius 2 is 1.80 bits per heavy atom. The largest absolute Gasteiger partial charge is 0.383 e. The molecule has 25 heavy (non-hydrogen) atoms. The van der Waals surface area contributed by atoms with Gasteiger partial charge in [0.05, 0.1) is 5.69 Å². The van der Waals surface area contributed by atoms with Crippen molar-refractivity contribution in [1.82, 2.24) is 4.98 Å². The molecule has 1 heterocycles. The SMILES string of the molecule is Cc1c(-c2ccc(Br)cc2)nc(N)c(C#N)c1-c1cc(F)ccc1F. The summed E-state index contributed by atoms with van der Waals surface area (Å²) in [7, 11) is 0. The number of rotatable bonds is 2. The van der Waals surface area contributed by atoms with Gasteiger partial charge in [0.2, 0.25) is 0 Å². The molecule has 0 saturated carbocycles. The molecule has 124 valence electrons. The number of nitriles is 1. The number of anilines is 1. The Morgan fingerprint density at radius 3 is 2.44 bits per heavy atom. The van der Waals surface area contributed by atoms with Crippen LogP contribution >= 0.6 is 15.9 Å². The third kappa shape index (κ3) is 3.11.